The second-order valence-electron chi connectivity index (χ2n) is 19.5. The summed E-state index contributed by atoms with van der Waals surface area (Å²) in [6.07, 6.45) is -1.12. The normalized spacial score (nSPS) is 35.4. The fourth-order valence-electron chi connectivity index (χ4n) is 8.37. The quantitative estimate of drug-likeness (QED) is 0.129. The second kappa shape index (κ2) is 20.4. The highest BCUT2D eigenvalue weighted by molar-refractivity contribution is 5.83. The fourth-order valence-corrected chi connectivity index (χ4v) is 8.37. The molecule has 0 aromatic carbocycles. The minimum atomic E-state index is -2.03. The van der Waals surface area contributed by atoms with Gasteiger partial charge in [-0.25, -0.2) is 9.59 Å². The predicted octanol–water partition coefficient (Wildman–Crippen LogP) is 5.22. The van der Waals surface area contributed by atoms with Gasteiger partial charge < -0.3 is 53.2 Å². The van der Waals surface area contributed by atoms with Gasteiger partial charge in [0.1, 0.15) is 18.3 Å². The Morgan fingerprint density at radius 3 is 2.10 bits per heavy atom. The Balaban J connectivity index is 1.84. The Bertz CT molecular complexity index is 1720. The molecule has 0 aromatic rings. The molecule has 3 saturated heterocycles. The molecule has 3 N–H and O–H groups in total. The Labute approximate surface area is 365 Å². The lowest BCUT2D eigenvalue weighted by atomic mass is 9.70. The van der Waals surface area contributed by atoms with Crippen molar-refractivity contribution in [3.63, 3.8) is 0 Å². The summed E-state index contributed by atoms with van der Waals surface area (Å²) < 4.78 is 47.1. The molecule has 0 aromatic heterocycles. The molecule has 4 rings (SSSR count). The first-order valence-corrected chi connectivity index (χ1v) is 21.7. The number of aliphatic hydroxyl groups is 3. The molecule has 0 aliphatic carbocycles. The number of hydrogen-bond donors (Lipinski definition) is 3. The number of carbonyl (C=O) groups is 5. The largest absolute Gasteiger partial charge is 0.466 e. The van der Waals surface area contributed by atoms with Crippen molar-refractivity contribution < 1.29 is 77.2 Å². The van der Waals surface area contributed by atoms with Crippen molar-refractivity contribution in [2.75, 3.05) is 14.2 Å². The standard InChI is InChI=1S/C46H70O16/c1-12-13-37(48)57-27(2)35-23-32-18-29(20-39(50)56-11)25-45(53,61-32)43(6,7)15-14-31-16-28(19-38(49)55-10)17-34(58-31)26-46(54)44(8,9)36(60-41(52)42(3,4)5)24-33(62-46)21-30(47)22-40(51)59-35/h14-15,19-20,27,30-36,47,53-54H,12-13,16-18,21-26H2,1-11H3/b15-14-,28-19?,29-20+/t27-,30-,31+,32+,33-,34+,35-,36+,45-,46+/m1/s1. The maximum absolute atomic E-state index is 13.7. The molecule has 16 heteroatoms. The van der Waals surface area contributed by atoms with Gasteiger partial charge >= 0.3 is 29.8 Å². The summed E-state index contributed by atoms with van der Waals surface area (Å²) in [5.41, 5.74) is -2.14. The zero-order valence-corrected chi connectivity index (χ0v) is 38.4. The molecule has 0 spiro atoms. The van der Waals surface area contributed by atoms with Crippen molar-refractivity contribution in [3.05, 3.63) is 35.5 Å². The van der Waals surface area contributed by atoms with Gasteiger partial charge in [0.15, 0.2) is 11.6 Å². The van der Waals surface area contributed by atoms with Gasteiger partial charge in [-0.1, -0.05) is 57.9 Å². The van der Waals surface area contributed by atoms with Crippen molar-refractivity contribution in [2.45, 2.75) is 193 Å². The summed E-state index contributed by atoms with van der Waals surface area (Å²) in [4.78, 5) is 64.8. The van der Waals surface area contributed by atoms with E-state index in [-0.39, 0.29) is 57.8 Å². The van der Waals surface area contributed by atoms with E-state index in [1.807, 2.05) is 6.92 Å². The zero-order valence-electron chi connectivity index (χ0n) is 38.4. The molecule has 0 unspecified atom stereocenters. The Morgan fingerprint density at radius 2 is 1.48 bits per heavy atom. The van der Waals surface area contributed by atoms with Crippen LogP contribution < -0.4 is 0 Å². The number of rotatable bonds is 7. The molecule has 62 heavy (non-hydrogen) atoms. The lowest BCUT2D eigenvalue weighted by molar-refractivity contribution is -0.349. The van der Waals surface area contributed by atoms with Crippen molar-refractivity contribution >= 4 is 29.8 Å². The summed E-state index contributed by atoms with van der Waals surface area (Å²) in [6, 6.07) is 0. The number of esters is 5. The molecule has 350 valence electrons. The SMILES string of the molecule is CCCC(=O)O[C@H](C)[C@H]1C[C@@H]2C/C(=C\C(=O)OC)C[C@@](O)(O2)C(C)(C)/C=C\[C@H]2CC(=CC(=O)OC)C[C@@H](C[C@]3(O)O[C@H](C[C@@H](O)CC(=O)O1)C[C@H](OC(=O)C(C)(C)C)C3(C)C)O2. The van der Waals surface area contributed by atoms with Crippen LogP contribution in [0.2, 0.25) is 0 Å². The van der Waals surface area contributed by atoms with Crippen molar-refractivity contribution in [2.24, 2.45) is 16.2 Å². The van der Waals surface area contributed by atoms with E-state index < -0.39 is 113 Å². The van der Waals surface area contributed by atoms with Gasteiger partial charge in [-0.05, 0) is 53.4 Å². The predicted molar refractivity (Wildman–Crippen MR) is 222 cm³/mol. The highest BCUT2D eigenvalue weighted by Gasteiger charge is 2.58. The van der Waals surface area contributed by atoms with Crippen molar-refractivity contribution in [1.29, 1.82) is 0 Å². The van der Waals surface area contributed by atoms with Gasteiger partial charge in [0, 0.05) is 56.1 Å². The molecule has 0 saturated carbocycles. The Hall–Kier alpha value is -3.67. The molecule has 4 aliphatic heterocycles. The lowest BCUT2D eigenvalue weighted by Gasteiger charge is -2.54. The van der Waals surface area contributed by atoms with Crippen LogP contribution >= 0.6 is 0 Å². The monoisotopic (exact) mass is 878 g/mol. The number of hydrogen-bond acceptors (Lipinski definition) is 16. The number of carbonyl (C=O) groups excluding carboxylic acids is 5. The number of ether oxygens (including phenoxy) is 8. The van der Waals surface area contributed by atoms with Crippen LogP contribution in [0.15, 0.2) is 35.5 Å². The summed E-state index contributed by atoms with van der Waals surface area (Å²) >= 11 is 0. The second-order valence-corrected chi connectivity index (χ2v) is 19.5. The summed E-state index contributed by atoms with van der Waals surface area (Å²) in [5, 5.41) is 36.5. The zero-order chi connectivity index (χ0) is 46.4. The van der Waals surface area contributed by atoms with E-state index in [1.165, 1.54) is 26.4 Å². The first-order chi connectivity index (χ1) is 28.7. The third-order valence-electron chi connectivity index (χ3n) is 12.4. The maximum atomic E-state index is 13.7. The van der Waals surface area contributed by atoms with E-state index in [9.17, 15) is 39.3 Å². The van der Waals surface area contributed by atoms with Gasteiger partial charge in [0.2, 0.25) is 0 Å². The third-order valence-corrected chi connectivity index (χ3v) is 12.4. The van der Waals surface area contributed by atoms with Crippen LogP contribution in [0.3, 0.4) is 0 Å². The average Bonchev–Trinajstić information content (AvgIpc) is 3.14. The highest BCUT2D eigenvalue weighted by Crippen LogP contribution is 2.50. The summed E-state index contributed by atoms with van der Waals surface area (Å²) in [7, 11) is 2.51. The lowest BCUT2D eigenvalue weighted by Crippen LogP contribution is -2.62. The number of methoxy groups -OCH3 is 2. The maximum Gasteiger partial charge on any atom is 0.330 e. The van der Waals surface area contributed by atoms with Crippen molar-refractivity contribution in [1.82, 2.24) is 0 Å². The molecule has 16 nitrogen and oxygen atoms in total. The molecule has 0 radical (unpaired) electrons. The van der Waals surface area contributed by atoms with E-state index >= 15 is 0 Å². The van der Waals surface area contributed by atoms with Crippen LogP contribution in [0.1, 0.15) is 133 Å². The van der Waals surface area contributed by atoms with Gasteiger partial charge in [-0.15, -0.1) is 0 Å². The number of aliphatic hydroxyl groups excluding tert-OH is 1. The Kier molecular flexibility index (Phi) is 16.8. The average molecular weight is 879 g/mol. The highest BCUT2D eigenvalue weighted by atomic mass is 16.7. The summed E-state index contributed by atoms with van der Waals surface area (Å²) in [6.45, 7) is 15.5. The summed E-state index contributed by atoms with van der Waals surface area (Å²) in [5.74, 6) is -7.04. The van der Waals surface area contributed by atoms with Crippen LogP contribution in [-0.4, -0.2) is 120 Å². The van der Waals surface area contributed by atoms with E-state index in [2.05, 4.69) is 0 Å². The van der Waals surface area contributed by atoms with Gasteiger partial charge in [0.05, 0.1) is 62.0 Å². The van der Waals surface area contributed by atoms with Crippen LogP contribution in [0.25, 0.3) is 0 Å². The van der Waals surface area contributed by atoms with E-state index in [1.54, 1.807) is 67.5 Å². The van der Waals surface area contributed by atoms with Crippen LogP contribution in [0.4, 0.5) is 0 Å². The molecule has 4 heterocycles. The smallest absolute Gasteiger partial charge is 0.330 e. The topological polar surface area (TPSA) is 220 Å². The minimum Gasteiger partial charge on any atom is -0.466 e. The van der Waals surface area contributed by atoms with E-state index in [0.717, 1.165) is 0 Å². The number of cyclic esters (lactones) is 1. The third kappa shape index (κ3) is 13.0. The minimum absolute atomic E-state index is 0.0766. The van der Waals surface area contributed by atoms with Gasteiger partial charge in [-0.3, -0.25) is 14.4 Å². The fraction of sp³-hybridized carbons (Fsp3) is 0.761. The number of fused-ring (bicyclic) bond motifs is 6. The molecule has 10 atom stereocenters. The molecule has 4 aliphatic rings. The van der Waals surface area contributed by atoms with Crippen LogP contribution in [0, 0.1) is 16.2 Å². The van der Waals surface area contributed by atoms with E-state index in [4.69, 9.17) is 37.9 Å². The van der Waals surface area contributed by atoms with Crippen LogP contribution in [0.5, 0.6) is 0 Å². The van der Waals surface area contributed by atoms with Gasteiger partial charge in [0.25, 0.3) is 0 Å². The first kappa shape index (κ1) is 51.0. The van der Waals surface area contributed by atoms with Gasteiger partial charge in [-0.2, -0.15) is 0 Å². The molecular weight excluding hydrogens is 808 g/mol. The molecule has 6 bridgehead atoms. The van der Waals surface area contributed by atoms with E-state index in [0.29, 0.717) is 17.6 Å². The van der Waals surface area contributed by atoms with Crippen molar-refractivity contribution in [3.8, 4) is 0 Å². The molecular formula is C46H70O16. The van der Waals surface area contributed by atoms with Crippen LogP contribution in [-0.2, 0) is 61.9 Å². The molecule has 3 fully saturated rings. The molecule has 0 amide bonds. The Morgan fingerprint density at radius 1 is 0.871 bits per heavy atom. The first-order valence-electron chi connectivity index (χ1n) is 21.7.